The van der Waals surface area contributed by atoms with Crippen LogP contribution in [0.4, 0.5) is 0 Å². The van der Waals surface area contributed by atoms with Gasteiger partial charge in [0, 0.05) is 0 Å². The Balaban J connectivity index is -0.000000161. The Labute approximate surface area is 95.4 Å². The van der Waals surface area contributed by atoms with E-state index in [1.807, 2.05) is 18.2 Å². The SMILES string of the molecule is Cc1ccccc1.O=[SH-]=O.[N-]=[N+]=N.[N-]=[N+]=[N-]. The van der Waals surface area contributed by atoms with Gasteiger partial charge >= 0.3 is 0 Å². The third kappa shape index (κ3) is 40.9. The normalized spacial score (nSPS) is 5.81. The van der Waals surface area contributed by atoms with Crippen molar-refractivity contribution in [1.82, 2.24) is 0 Å². The van der Waals surface area contributed by atoms with Crippen molar-refractivity contribution in [2.24, 2.45) is 0 Å². The van der Waals surface area contributed by atoms with Gasteiger partial charge in [-0.2, -0.15) is 0 Å². The third-order valence-electron chi connectivity index (χ3n) is 0.940. The highest BCUT2D eigenvalue weighted by molar-refractivity contribution is 7.51. The molecule has 0 aliphatic carbocycles. The lowest BCUT2D eigenvalue weighted by Crippen LogP contribution is -1.62. The zero-order chi connectivity index (χ0) is 13.2. The summed E-state index contributed by atoms with van der Waals surface area (Å²) in [6.45, 7) is 2.08. The van der Waals surface area contributed by atoms with Gasteiger partial charge in [0.25, 0.3) is 0 Å². The molecule has 0 bridgehead atoms. The minimum Gasteiger partial charge on any atom is -0.427 e. The van der Waals surface area contributed by atoms with Gasteiger partial charge < -0.3 is 19.5 Å². The van der Waals surface area contributed by atoms with E-state index >= 15 is 0 Å². The maximum Gasteiger partial charge on any atom is -0.00208 e. The lowest BCUT2D eigenvalue weighted by Gasteiger charge is -1.82. The van der Waals surface area contributed by atoms with E-state index in [2.05, 4.69) is 19.1 Å². The summed E-state index contributed by atoms with van der Waals surface area (Å²) in [6.07, 6.45) is 0. The van der Waals surface area contributed by atoms with Crippen molar-refractivity contribution in [2.45, 2.75) is 6.92 Å². The second-order valence-electron chi connectivity index (χ2n) is 1.92. The molecule has 0 atom stereocenters. The van der Waals surface area contributed by atoms with Crippen LogP contribution in [0.5, 0.6) is 0 Å². The first kappa shape index (κ1) is 19.4. The van der Waals surface area contributed by atoms with Gasteiger partial charge in [0.2, 0.25) is 0 Å². The smallest absolute Gasteiger partial charge is 0.00208 e. The molecule has 0 amide bonds. The number of aryl methyl sites for hydroxylation is 1. The van der Waals surface area contributed by atoms with E-state index in [1.165, 1.54) is 10.5 Å². The molecule has 0 aromatic heterocycles. The van der Waals surface area contributed by atoms with E-state index < -0.39 is 11.6 Å². The minimum atomic E-state index is -1.08. The quantitative estimate of drug-likeness (QED) is 0.244. The highest BCUT2D eigenvalue weighted by Crippen LogP contribution is 1.92. The van der Waals surface area contributed by atoms with Crippen molar-refractivity contribution >= 4 is 11.6 Å². The average molecular weight is 242 g/mol. The van der Waals surface area contributed by atoms with Gasteiger partial charge in [-0.3, -0.25) is 4.91 Å². The molecule has 16 heavy (non-hydrogen) atoms. The van der Waals surface area contributed by atoms with Crippen LogP contribution in [-0.4, -0.2) is 0 Å². The Morgan fingerprint density at radius 1 is 1.12 bits per heavy atom. The van der Waals surface area contributed by atoms with Gasteiger partial charge in [0.15, 0.2) is 0 Å². The fraction of sp³-hybridized carbons (Fsp3) is 0.143. The molecular weight excluding hydrogens is 232 g/mol. The lowest BCUT2D eigenvalue weighted by atomic mass is 10.2. The summed E-state index contributed by atoms with van der Waals surface area (Å²) >= 11 is -1.08. The minimum absolute atomic E-state index is 1.08. The van der Waals surface area contributed by atoms with Gasteiger partial charge in [0.1, 0.15) is 0 Å². The van der Waals surface area contributed by atoms with Crippen LogP contribution < -0.4 is 0 Å². The summed E-state index contributed by atoms with van der Waals surface area (Å²) in [4.78, 5) is 3.25. The standard InChI is InChI=1S/C7H8.HN3.N3.HO2S/c1-7-5-3-2-4-6-7;3*1-3-2/h2-6H,1H3;1H;;3H/q;;2*-1. The van der Waals surface area contributed by atoms with Gasteiger partial charge in [-0.15, -0.1) is 5.53 Å². The van der Waals surface area contributed by atoms with E-state index in [4.69, 9.17) is 30.5 Å². The molecule has 0 saturated heterocycles. The topological polar surface area (TPSA) is 153 Å². The van der Waals surface area contributed by atoms with Gasteiger partial charge in [-0.1, -0.05) is 47.5 Å². The van der Waals surface area contributed by atoms with Crippen LogP contribution in [0.2, 0.25) is 0 Å². The Bertz CT molecular complexity index is 322. The molecule has 8 nitrogen and oxygen atoms in total. The fourth-order valence-electron chi connectivity index (χ4n) is 0.534. The van der Waals surface area contributed by atoms with Crippen molar-refractivity contribution in [1.29, 1.82) is 5.53 Å². The molecule has 88 valence electrons. The molecule has 0 aliphatic heterocycles. The zero-order valence-electron chi connectivity index (χ0n) is 8.39. The van der Waals surface area contributed by atoms with Crippen LogP contribution in [-0.2, 0) is 20.0 Å². The number of nitrogens with one attached hydrogen (secondary N) is 1. The molecule has 1 aromatic carbocycles. The number of rotatable bonds is 0. The van der Waals surface area contributed by atoms with Crippen molar-refractivity contribution < 1.29 is 8.42 Å². The summed E-state index contributed by atoms with van der Waals surface area (Å²) in [5.74, 6) is 0. The van der Waals surface area contributed by atoms with Crippen molar-refractivity contribution in [3.8, 4) is 0 Å². The molecule has 0 spiro atoms. The molecule has 0 fully saturated rings. The van der Waals surface area contributed by atoms with Gasteiger partial charge in [0.05, 0.1) is 0 Å². The van der Waals surface area contributed by atoms with Crippen LogP contribution in [0.1, 0.15) is 5.56 Å². The molecule has 0 heterocycles. The molecule has 0 radical (unpaired) electrons. The van der Waals surface area contributed by atoms with Crippen molar-refractivity contribution in [3.63, 3.8) is 0 Å². The second kappa shape index (κ2) is 23.0. The maximum atomic E-state index is 8.35. The Kier molecular flexibility index (Phi) is 27.9. The summed E-state index contributed by atoms with van der Waals surface area (Å²) < 4.78 is 16.7. The Morgan fingerprint density at radius 2 is 1.38 bits per heavy atom. The molecular formula is C7H10N6O2S-2. The van der Waals surface area contributed by atoms with Crippen LogP contribution in [0.25, 0.3) is 26.4 Å². The van der Waals surface area contributed by atoms with Crippen LogP contribution >= 0.6 is 0 Å². The Hall–Kier alpha value is -2.21. The number of nitrogens with zero attached hydrogens (tertiary/aromatic N) is 5. The van der Waals surface area contributed by atoms with Crippen molar-refractivity contribution in [3.05, 3.63) is 62.3 Å². The maximum absolute atomic E-state index is 8.35. The summed E-state index contributed by atoms with van der Waals surface area (Å²) in [5, 5.41) is 0. The summed E-state index contributed by atoms with van der Waals surface area (Å²) in [7, 11) is 0. The molecule has 0 unspecified atom stereocenters. The van der Waals surface area contributed by atoms with Crippen LogP contribution in [0.15, 0.2) is 30.3 Å². The first-order valence-corrected chi connectivity index (χ1v) is 4.33. The first-order chi connectivity index (χ1) is 7.64. The van der Waals surface area contributed by atoms with Crippen LogP contribution in [0.3, 0.4) is 0 Å². The van der Waals surface area contributed by atoms with E-state index in [9.17, 15) is 0 Å². The third-order valence-corrected chi connectivity index (χ3v) is 0.940. The first-order valence-electron chi connectivity index (χ1n) is 3.60. The van der Waals surface area contributed by atoms with E-state index in [0.29, 0.717) is 0 Å². The molecule has 9 heteroatoms. The fourth-order valence-corrected chi connectivity index (χ4v) is 0.534. The monoisotopic (exact) mass is 242 g/mol. The van der Waals surface area contributed by atoms with E-state index in [1.54, 1.807) is 4.91 Å². The van der Waals surface area contributed by atoms with Gasteiger partial charge in [-0.25, -0.2) is 0 Å². The van der Waals surface area contributed by atoms with E-state index in [-0.39, 0.29) is 0 Å². The molecule has 1 rings (SSSR count). The molecule has 0 saturated carbocycles. The predicted octanol–water partition coefficient (Wildman–Crippen LogP) is 3.23. The lowest BCUT2D eigenvalue weighted by molar-refractivity contribution is 0.541. The molecule has 0 aliphatic rings. The van der Waals surface area contributed by atoms with Gasteiger partial charge in [-0.05, 0) is 17.4 Å². The van der Waals surface area contributed by atoms with Crippen LogP contribution in [0, 0.1) is 12.5 Å². The largest absolute Gasteiger partial charge is 0.427 e. The van der Waals surface area contributed by atoms with E-state index in [0.717, 1.165) is 0 Å². The number of hydrogen-bond donors (Lipinski definition) is 1. The summed E-state index contributed by atoms with van der Waals surface area (Å²) in [5.41, 5.74) is 27.1. The number of thiol groups is 1. The summed E-state index contributed by atoms with van der Waals surface area (Å²) in [6, 6.07) is 10.3. The average Bonchev–Trinajstić information content (AvgIpc) is 2.22. The zero-order valence-corrected chi connectivity index (χ0v) is 9.28. The predicted molar refractivity (Wildman–Crippen MR) is 60.8 cm³/mol. The second-order valence-corrected chi connectivity index (χ2v) is 2.07. The highest BCUT2D eigenvalue weighted by atomic mass is 32.1. The Morgan fingerprint density at radius 3 is 1.50 bits per heavy atom. The van der Waals surface area contributed by atoms with Crippen molar-refractivity contribution in [2.75, 3.05) is 0 Å². The highest BCUT2D eigenvalue weighted by Gasteiger charge is 1.72. The number of benzene rings is 1. The molecule has 1 N–H and O–H groups in total. The number of hydrogen-bond acceptors (Lipinski definition) is 4. The molecule has 1 aromatic rings.